The first-order valence-corrected chi connectivity index (χ1v) is 6.38. The number of carbonyl (C=O) groups is 1. The fraction of sp³-hybridized carbons (Fsp3) is 0.143. The lowest BCUT2D eigenvalue weighted by atomic mass is 10.1. The van der Waals surface area contributed by atoms with Crippen molar-refractivity contribution in [2.24, 2.45) is 7.05 Å². The maximum atomic E-state index is 12.2. The zero-order valence-corrected chi connectivity index (χ0v) is 11.7. The number of benzene rings is 1. The summed E-state index contributed by atoms with van der Waals surface area (Å²) in [5.74, 6) is -0.380. The molecule has 2 aromatic heterocycles. The molecule has 3 rings (SSSR count). The Morgan fingerprint density at radius 1 is 1.17 bits per heavy atom. The summed E-state index contributed by atoms with van der Waals surface area (Å²) in [6.07, 6.45) is -2.75. The van der Waals surface area contributed by atoms with Crippen LogP contribution < -0.4 is 4.74 Å². The molecule has 0 radical (unpaired) electrons. The molecule has 0 spiro atoms. The summed E-state index contributed by atoms with van der Waals surface area (Å²) in [6.45, 7) is 0. The average Bonchev–Trinajstić information content (AvgIpc) is 2.87. The van der Waals surface area contributed by atoms with Gasteiger partial charge in [0.1, 0.15) is 17.0 Å². The number of hydrogen-bond donors (Lipinski definition) is 0. The number of aldehydes is 1. The molecule has 118 valence electrons. The highest BCUT2D eigenvalue weighted by Gasteiger charge is 2.31. The van der Waals surface area contributed by atoms with Gasteiger partial charge in [0.25, 0.3) is 0 Å². The van der Waals surface area contributed by atoms with Crippen molar-refractivity contribution >= 4 is 17.5 Å². The Kier molecular flexibility index (Phi) is 3.47. The molecule has 0 aliphatic rings. The number of aryl methyl sites for hydroxylation is 1. The number of hydrogen-bond acceptors (Lipinski definition) is 5. The molecule has 0 saturated heterocycles. The Morgan fingerprint density at radius 3 is 2.48 bits per heavy atom. The topological polar surface area (TPSA) is 69.9 Å². The molecule has 0 unspecified atom stereocenters. The zero-order valence-electron chi connectivity index (χ0n) is 11.7. The predicted molar refractivity (Wildman–Crippen MR) is 73.8 cm³/mol. The first-order valence-electron chi connectivity index (χ1n) is 6.38. The van der Waals surface area contributed by atoms with Gasteiger partial charge in [-0.15, -0.1) is 13.2 Å². The van der Waals surface area contributed by atoms with Gasteiger partial charge >= 0.3 is 6.36 Å². The number of fused-ring (bicyclic) bond motifs is 1. The van der Waals surface area contributed by atoms with Crippen LogP contribution in [0.25, 0.3) is 22.4 Å². The second-order valence-electron chi connectivity index (χ2n) is 4.65. The number of ether oxygens (including phenoxy) is 1. The van der Waals surface area contributed by atoms with Crippen molar-refractivity contribution in [1.82, 2.24) is 19.5 Å². The van der Waals surface area contributed by atoms with Crippen LogP contribution in [0.1, 0.15) is 10.6 Å². The lowest BCUT2D eigenvalue weighted by Crippen LogP contribution is -2.16. The molecule has 6 nitrogen and oxygen atoms in total. The van der Waals surface area contributed by atoms with E-state index in [1.54, 1.807) is 11.6 Å². The summed E-state index contributed by atoms with van der Waals surface area (Å²) in [7, 11) is 1.71. The summed E-state index contributed by atoms with van der Waals surface area (Å²) in [4.78, 5) is 23.3. The van der Waals surface area contributed by atoms with Gasteiger partial charge < -0.3 is 9.30 Å². The Bertz CT molecular complexity index is 872. The molecule has 0 fully saturated rings. The molecule has 2 heterocycles. The maximum absolute atomic E-state index is 12.2. The van der Waals surface area contributed by atoms with Crippen LogP contribution in [0.2, 0.25) is 0 Å². The number of nitrogens with zero attached hydrogens (tertiary/aromatic N) is 4. The quantitative estimate of drug-likeness (QED) is 0.694. The van der Waals surface area contributed by atoms with Crippen LogP contribution in [-0.4, -0.2) is 32.2 Å². The van der Waals surface area contributed by atoms with Gasteiger partial charge in [-0.25, -0.2) is 15.0 Å². The van der Waals surface area contributed by atoms with Gasteiger partial charge in [0.2, 0.25) is 0 Å². The first-order chi connectivity index (χ1) is 10.9. The first kappa shape index (κ1) is 14.9. The van der Waals surface area contributed by atoms with Gasteiger partial charge in [-0.05, 0) is 24.3 Å². The third kappa shape index (κ3) is 2.98. The van der Waals surface area contributed by atoms with E-state index >= 15 is 0 Å². The predicted octanol–water partition coefficient (Wildman–Crippen LogP) is 2.74. The van der Waals surface area contributed by atoms with Gasteiger partial charge in [0.05, 0.1) is 6.33 Å². The van der Waals surface area contributed by atoms with Crippen molar-refractivity contribution in [1.29, 1.82) is 0 Å². The van der Waals surface area contributed by atoms with Crippen molar-refractivity contribution in [3.05, 3.63) is 36.4 Å². The van der Waals surface area contributed by atoms with E-state index in [1.165, 1.54) is 30.6 Å². The Hall–Kier alpha value is -2.97. The van der Waals surface area contributed by atoms with Crippen LogP contribution in [0.3, 0.4) is 0 Å². The van der Waals surface area contributed by atoms with Crippen LogP contribution in [-0.2, 0) is 7.05 Å². The number of aromatic nitrogens is 4. The van der Waals surface area contributed by atoms with E-state index in [4.69, 9.17) is 0 Å². The molecule has 0 atom stereocenters. The molecule has 1 aromatic carbocycles. The molecule has 0 aliphatic carbocycles. The van der Waals surface area contributed by atoms with Gasteiger partial charge in [0.15, 0.2) is 17.8 Å². The second-order valence-corrected chi connectivity index (χ2v) is 4.65. The van der Waals surface area contributed by atoms with Crippen LogP contribution in [0.5, 0.6) is 5.75 Å². The number of rotatable bonds is 3. The Labute approximate surface area is 127 Å². The Balaban J connectivity index is 2.07. The molecule has 0 bridgehead atoms. The largest absolute Gasteiger partial charge is 0.573 e. The smallest absolute Gasteiger partial charge is 0.406 e. The minimum absolute atomic E-state index is 0.0354. The van der Waals surface area contributed by atoms with Gasteiger partial charge in [0, 0.05) is 12.6 Å². The summed E-state index contributed by atoms with van der Waals surface area (Å²) < 4.78 is 42.0. The van der Waals surface area contributed by atoms with Crippen molar-refractivity contribution in [2.45, 2.75) is 6.36 Å². The van der Waals surface area contributed by atoms with E-state index in [0.717, 1.165) is 0 Å². The molecule has 9 heteroatoms. The van der Waals surface area contributed by atoms with Crippen LogP contribution >= 0.6 is 0 Å². The molecular weight excluding hydrogens is 313 g/mol. The molecular formula is C14H9F3N4O2. The SMILES string of the molecule is Cn1cnc2c(-c3ccc(OC(F)(F)F)cc3)nc(C=O)nc21. The minimum atomic E-state index is -4.75. The fourth-order valence-corrected chi connectivity index (χ4v) is 2.09. The highest BCUT2D eigenvalue weighted by molar-refractivity contribution is 5.89. The highest BCUT2D eigenvalue weighted by atomic mass is 19.4. The number of carbonyl (C=O) groups excluding carboxylic acids is 1. The zero-order chi connectivity index (χ0) is 16.6. The second kappa shape index (κ2) is 5.34. The van der Waals surface area contributed by atoms with Crippen molar-refractivity contribution in [2.75, 3.05) is 0 Å². The standard InChI is InChI=1S/C14H9F3N4O2/c1-21-7-18-12-11(19-10(6-22)20-13(12)21)8-2-4-9(5-3-8)23-14(15,16)17/h2-7H,1H3. The minimum Gasteiger partial charge on any atom is -0.406 e. The maximum Gasteiger partial charge on any atom is 0.573 e. The van der Waals surface area contributed by atoms with E-state index in [-0.39, 0.29) is 11.6 Å². The third-order valence-electron chi connectivity index (χ3n) is 3.04. The number of halogens is 3. The highest BCUT2D eigenvalue weighted by Crippen LogP contribution is 2.28. The van der Waals surface area contributed by atoms with Crippen molar-refractivity contribution in [3.8, 4) is 17.0 Å². The van der Waals surface area contributed by atoms with Gasteiger partial charge in [-0.1, -0.05) is 0 Å². The van der Waals surface area contributed by atoms with Crippen LogP contribution in [0.15, 0.2) is 30.6 Å². The normalized spacial score (nSPS) is 11.7. The molecule has 3 aromatic rings. The summed E-state index contributed by atoms with van der Waals surface area (Å²) >= 11 is 0. The molecule has 23 heavy (non-hydrogen) atoms. The van der Waals surface area contributed by atoms with Crippen molar-refractivity contribution < 1.29 is 22.7 Å². The van der Waals surface area contributed by atoms with Crippen LogP contribution in [0.4, 0.5) is 13.2 Å². The third-order valence-corrected chi connectivity index (χ3v) is 3.04. The summed E-state index contributed by atoms with van der Waals surface area (Å²) in [5, 5.41) is 0. The lowest BCUT2D eigenvalue weighted by molar-refractivity contribution is -0.274. The Morgan fingerprint density at radius 2 is 1.87 bits per heavy atom. The number of imidazole rings is 1. The molecule has 0 saturated carbocycles. The van der Waals surface area contributed by atoms with E-state index in [9.17, 15) is 18.0 Å². The van der Waals surface area contributed by atoms with E-state index < -0.39 is 6.36 Å². The van der Waals surface area contributed by atoms with Gasteiger partial charge in [-0.3, -0.25) is 4.79 Å². The van der Waals surface area contributed by atoms with Crippen molar-refractivity contribution in [3.63, 3.8) is 0 Å². The summed E-state index contributed by atoms with van der Waals surface area (Å²) in [5.41, 5.74) is 1.75. The van der Waals surface area contributed by atoms with Crippen LogP contribution in [0, 0.1) is 0 Å². The number of alkyl halides is 3. The molecule has 0 amide bonds. The van der Waals surface area contributed by atoms with Gasteiger partial charge in [-0.2, -0.15) is 0 Å². The average molecular weight is 322 g/mol. The summed E-state index contributed by atoms with van der Waals surface area (Å²) in [6, 6.07) is 5.15. The molecule has 0 aliphatic heterocycles. The molecule has 0 N–H and O–H groups in total. The van der Waals surface area contributed by atoms with E-state index in [1.807, 2.05) is 0 Å². The van der Waals surface area contributed by atoms with E-state index in [2.05, 4.69) is 19.7 Å². The van der Waals surface area contributed by atoms with E-state index in [0.29, 0.717) is 28.7 Å². The fourth-order valence-electron chi connectivity index (χ4n) is 2.09. The monoisotopic (exact) mass is 322 g/mol. The lowest BCUT2D eigenvalue weighted by Gasteiger charge is -2.09.